The molecule has 1 aromatic heterocycles. The minimum atomic E-state index is -0.689. The van der Waals surface area contributed by atoms with Crippen molar-refractivity contribution in [3.05, 3.63) is 57.7 Å². The van der Waals surface area contributed by atoms with Gasteiger partial charge in [-0.05, 0) is 48.2 Å². The topological polar surface area (TPSA) is 45.4 Å². The van der Waals surface area contributed by atoms with E-state index in [0.29, 0.717) is 12.3 Å². The highest BCUT2D eigenvalue weighted by Gasteiger charge is 2.26. The summed E-state index contributed by atoms with van der Waals surface area (Å²) in [5, 5.41) is 13.3. The van der Waals surface area contributed by atoms with E-state index in [-0.39, 0.29) is 11.9 Å². The van der Waals surface area contributed by atoms with Gasteiger partial charge in [-0.1, -0.05) is 15.9 Å². The predicted molar refractivity (Wildman–Crippen MR) is 76.8 cm³/mol. The number of nitrogens with one attached hydrogen (secondary N) is 1. The third kappa shape index (κ3) is 2.66. The molecular formula is C15H15BrFNO2. The summed E-state index contributed by atoms with van der Waals surface area (Å²) in [4.78, 5) is 0. The smallest absolute Gasteiger partial charge is 0.133 e. The molecule has 1 heterocycles. The number of fused-ring (bicyclic) bond motifs is 1. The van der Waals surface area contributed by atoms with E-state index in [0.717, 1.165) is 28.4 Å². The molecular weight excluding hydrogens is 325 g/mol. The van der Waals surface area contributed by atoms with Crippen LogP contribution in [0.2, 0.25) is 0 Å². The molecule has 0 spiro atoms. The third-order valence-corrected chi connectivity index (χ3v) is 4.14. The summed E-state index contributed by atoms with van der Waals surface area (Å²) in [7, 11) is 0. The zero-order valence-electron chi connectivity index (χ0n) is 10.8. The maximum atomic E-state index is 13.8. The Morgan fingerprint density at radius 3 is 3.10 bits per heavy atom. The lowest BCUT2D eigenvalue weighted by Crippen LogP contribution is -2.25. The molecule has 20 heavy (non-hydrogen) atoms. The summed E-state index contributed by atoms with van der Waals surface area (Å²) < 4.78 is 19.7. The molecule has 2 atom stereocenters. The van der Waals surface area contributed by atoms with Crippen molar-refractivity contribution in [1.29, 1.82) is 0 Å². The Balaban J connectivity index is 1.69. The molecule has 0 saturated carbocycles. The van der Waals surface area contributed by atoms with E-state index in [1.54, 1.807) is 12.1 Å². The SMILES string of the molecule is OC(CNC1CCc2c(F)cc(Br)cc21)c1ccco1. The summed E-state index contributed by atoms with van der Waals surface area (Å²) in [5.74, 6) is 0.376. The van der Waals surface area contributed by atoms with Crippen molar-refractivity contribution in [1.82, 2.24) is 5.32 Å². The lowest BCUT2D eigenvalue weighted by atomic mass is 10.1. The van der Waals surface area contributed by atoms with Gasteiger partial charge < -0.3 is 14.8 Å². The summed E-state index contributed by atoms with van der Waals surface area (Å²) in [6, 6.07) is 7.00. The van der Waals surface area contributed by atoms with Crippen LogP contribution in [-0.4, -0.2) is 11.7 Å². The zero-order chi connectivity index (χ0) is 14.1. The Hall–Kier alpha value is -1.17. The summed E-state index contributed by atoms with van der Waals surface area (Å²) in [6.45, 7) is 0.381. The largest absolute Gasteiger partial charge is 0.467 e. The van der Waals surface area contributed by atoms with Crippen molar-refractivity contribution >= 4 is 15.9 Å². The Morgan fingerprint density at radius 1 is 1.50 bits per heavy atom. The highest BCUT2D eigenvalue weighted by Crippen LogP contribution is 2.35. The van der Waals surface area contributed by atoms with Crippen molar-refractivity contribution in [2.24, 2.45) is 0 Å². The summed E-state index contributed by atoms with van der Waals surface area (Å²) in [5.41, 5.74) is 1.75. The number of rotatable bonds is 4. The number of aliphatic hydroxyl groups excluding tert-OH is 1. The molecule has 2 unspecified atom stereocenters. The van der Waals surface area contributed by atoms with Crippen molar-refractivity contribution < 1.29 is 13.9 Å². The second-order valence-corrected chi connectivity index (χ2v) is 5.90. The fraction of sp³-hybridized carbons (Fsp3) is 0.333. The quantitative estimate of drug-likeness (QED) is 0.896. The average molecular weight is 340 g/mol. The predicted octanol–water partition coefficient (Wildman–Crippen LogP) is 3.49. The molecule has 3 rings (SSSR count). The van der Waals surface area contributed by atoms with E-state index in [9.17, 15) is 9.50 Å². The van der Waals surface area contributed by atoms with Crippen molar-refractivity contribution in [3.63, 3.8) is 0 Å². The van der Waals surface area contributed by atoms with Crippen molar-refractivity contribution in [3.8, 4) is 0 Å². The molecule has 3 nitrogen and oxygen atoms in total. The Kier molecular flexibility index (Phi) is 3.92. The molecule has 0 saturated heterocycles. The minimum absolute atomic E-state index is 0.0709. The van der Waals surface area contributed by atoms with Gasteiger partial charge in [0, 0.05) is 17.1 Å². The van der Waals surface area contributed by atoms with Gasteiger partial charge in [-0.2, -0.15) is 0 Å². The van der Waals surface area contributed by atoms with Gasteiger partial charge in [-0.15, -0.1) is 0 Å². The number of benzene rings is 1. The van der Waals surface area contributed by atoms with Crippen LogP contribution in [0, 0.1) is 5.82 Å². The van der Waals surface area contributed by atoms with Gasteiger partial charge in [0.1, 0.15) is 17.7 Å². The zero-order valence-corrected chi connectivity index (χ0v) is 12.4. The van der Waals surface area contributed by atoms with Gasteiger partial charge >= 0.3 is 0 Å². The first-order valence-corrected chi connectivity index (χ1v) is 7.37. The number of furan rings is 1. The monoisotopic (exact) mass is 339 g/mol. The third-order valence-electron chi connectivity index (χ3n) is 3.68. The van der Waals surface area contributed by atoms with Crippen LogP contribution < -0.4 is 5.32 Å². The van der Waals surface area contributed by atoms with Gasteiger partial charge in [0.25, 0.3) is 0 Å². The number of hydrogen-bond donors (Lipinski definition) is 2. The van der Waals surface area contributed by atoms with E-state index in [4.69, 9.17) is 4.42 Å². The van der Waals surface area contributed by atoms with Crippen LogP contribution in [0.25, 0.3) is 0 Å². The number of aliphatic hydroxyl groups is 1. The average Bonchev–Trinajstić information content (AvgIpc) is 3.05. The standard InChI is InChI=1S/C15H15BrFNO2/c16-9-6-11-10(12(17)7-9)3-4-13(11)18-8-14(19)15-2-1-5-20-15/h1-2,5-7,13-14,18-19H,3-4,8H2. The summed E-state index contributed by atoms with van der Waals surface area (Å²) in [6.07, 6.45) is 2.41. The molecule has 106 valence electrons. The molecule has 0 amide bonds. The number of halogens is 2. The number of hydrogen-bond acceptors (Lipinski definition) is 3. The lowest BCUT2D eigenvalue weighted by Gasteiger charge is -2.16. The van der Waals surface area contributed by atoms with Crippen molar-refractivity contribution in [2.75, 3.05) is 6.54 Å². The molecule has 1 aromatic carbocycles. The Labute approximate surface area is 124 Å². The van der Waals surface area contributed by atoms with Crippen LogP contribution in [0.5, 0.6) is 0 Å². The molecule has 0 fully saturated rings. The van der Waals surface area contributed by atoms with Crippen LogP contribution in [-0.2, 0) is 6.42 Å². The fourth-order valence-corrected chi connectivity index (χ4v) is 3.14. The van der Waals surface area contributed by atoms with Crippen LogP contribution >= 0.6 is 15.9 Å². The van der Waals surface area contributed by atoms with Gasteiger partial charge in [-0.3, -0.25) is 0 Å². The lowest BCUT2D eigenvalue weighted by molar-refractivity contribution is 0.143. The second-order valence-electron chi connectivity index (χ2n) is 4.99. The first-order valence-electron chi connectivity index (χ1n) is 6.58. The molecule has 0 radical (unpaired) electrons. The maximum absolute atomic E-state index is 13.8. The van der Waals surface area contributed by atoms with E-state index in [2.05, 4.69) is 21.2 Å². The Morgan fingerprint density at radius 2 is 2.35 bits per heavy atom. The maximum Gasteiger partial charge on any atom is 0.133 e. The van der Waals surface area contributed by atoms with Crippen molar-refractivity contribution in [2.45, 2.75) is 25.0 Å². The van der Waals surface area contributed by atoms with Gasteiger partial charge in [0.2, 0.25) is 0 Å². The first kappa shape index (κ1) is 13.8. The van der Waals surface area contributed by atoms with Crippen LogP contribution in [0.3, 0.4) is 0 Å². The van der Waals surface area contributed by atoms with E-state index < -0.39 is 6.10 Å². The van der Waals surface area contributed by atoms with Crippen LogP contribution in [0.4, 0.5) is 4.39 Å². The van der Waals surface area contributed by atoms with Crippen LogP contribution in [0.15, 0.2) is 39.4 Å². The normalized spacial score (nSPS) is 19.1. The fourth-order valence-electron chi connectivity index (χ4n) is 2.69. The molecule has 5 heteroatoms. The van der Waals surface area contributed by atoms with E-state index in [1.165, 1.54) is 12.3 Å². The molecule has 2 aromatic rings. The van der Waals surface area contributed by atoms with E-state index in [1.807, 2.05) is 6.07 Å². The molecule has 2 N–H and O–H groups in total. The van der Waals surface area contributed by atoms with Gasteiger partial charge in [0.05, 0.1) is 6.26 Å². The highest BCUT2D eigenvalue weighted by molar-refractivity contribution is 9.10. The van der Waals surface area contributed by atoms with E-state index >= 15 is 0 Å². The molecule has 1 aliphatic rings. The minimum Gasteiger partial charge on any atom is -0.467 e. The summed E-state index contributed by atoms with van der Waals surface area (Å²) >= 11 is 3.32. The molecule has 0 bridgehead atoms. The molecule has 0 aliphatic heterocycles. The second kappa shape index (κ2) is 5.68. The van der Waals surface area contributed by atoms with Gasteiger partial charge in [0.15, 0.2) is 0 Å². The first-order chi connectivity index (χ1) is 9.65. The highest BCUT2D eigenvalue weighted by atomic mass is 79.9. The Bertz CT molecular complexity index is 600. The van der Waals surface area contributed by atoms with Gasteiger partial charge in [-0.25, -0.2) is 4.39 Å². The van der Waals surface area contributed by atoms with Crippen LogP contribution in [0.1, 0.15) is 35.5 Å². The molecule has 1 aliphatic carbocycles.